The van der Waals surface area contributed by atoms with Crippen LogP contribution in [0.4, 0.5) is 4.39 Å². The summed E-state index contributed by atoms with van der Waals surface area (Å²) in [5.74, 6) is 0.117. The number of rotatable bonds is 9. The highest BCUT2D eigenvalue weighted by Gasteiger charge is 2.26. The van der Waals surface area contributed by atoms with Gasteiger partial charge in [0.25, 0.3) is 0 Å². The fourth-order valence-corrected chi connectivity index (χ4v) is 4.82. The third kappa shape index (κ3) is 8.40. The number of benzene rings is 2. The number of hydrogen-bond donors (Lipinski definition) is 0. The number of halogens is 1. The lowest BCUT2D eigenvalue weighted by molar-refractivity contribution is 0.158. The van der Waals surface area contributed by atoms with Gasteiger partial charge in [-0.25, -0.2) is 4.39 Å². The summed E-state index contributed by atoms with van der Waals surface area (Å²) in [6, 6.07) is 22.4. The van der Waals surface area contributed by atoms with Crippen molar-refractivity contribution >= 4 is 0 Å². The minimum Gasteiger partial charge on any atom is -0.298 e. The standard InChI is InChI=1S/C27H38FN.C2H3N/c1-21(2)29(20-19-23-9-5-4-6-10-23)22(3)13-14-24-15-17-25(18-16-24)26-11-7-8-12-27(26)28;1-2-3/h4-6,9-10,15-18,21-22,26-27H,7-8,11-14,19-20H2,1-3H3;1H3. The summed E-state index contributed by atoms with van der Waals surface area (Å²) in [4.78, 5) is 2.62. The third-order valence-electron chi connectivity index (χ3n) is 6.67. The molecule has 1 aliphatic rings. The number of hydrogen-bond acceptors (Lipinski definition) is 2. The van der Waals surface area contributed by atoms with Gasteiger partial charge in [-0.1, -0.05) is 67.4 Å². The Kier molecular flexibility index (Phi) is 11.5. The van der Waals surface area contributed by atoms with Crippen LogP contribution in [0.25, 0.3) is 0 Å². The molecular formula is C29H41FN2. The molecule has 174 valence electrons. The normalized spacial score (nSPS) is 19.2. The predicted octanol–water partition coefficient (Wildman–Crippen LogP) is 7.49. The molecule has 0 radical (unpaired) electrons. The minimum absolute atomic E-state index is 0.117. The number of nitriles is 1. The molecule has 0 aromatic heterocycles. The predicted molar refractivity (Wildman–Crippen MR) is 134 cm³/mol. The van der Waals surface area contributed by atoms with Gasteiger partial charge in [0.15, 0.2) is 0 Å². The lowest BCUT2D eigenvalue weighted by Crippen LogP contribution is -2.40. The van der Waals surface area contributed by atoms with Crippen LogP contribution in [0.1, 0.15) is 82.4 Å². The van der Waals surface area contributed by atoms with E-state index in [1.54, 1.807) is 6.07 Å². The minimum atomic E-state index is -0.654. The van der Waals surface area contributed by atoms with Crippen LogP contribution in [-0.2, 0) is 12.8 Å². The Morgan fingerprint density at radius 3 is 2.12 bits per heavy atom. The monoisotopic (exact) mass is 436 g/mol. The van der Waals surface area contributed by atoms with E-state index >= 15 is 0 Å². The van der Waals surface area contributed by atoms with E-state index in [9.17, 15) is 4.39 Å². The van der Waals surface area contributed by atoms with Crippen molar-refractivity contribution in [3.63, 3.8) is 0 Å². The number of alkyl halides is 1. The van der Waals surface area contributed by atoms with Gasteiger partial charge in [-0.2, -0.15) is 5.26 Å². The Balaban J connectivity index is 0.00000114. The molecule has 32 heavy (non-hydrogen) atoms. The second-order valence-corrected chi connectivity index (χ2v) is 9.33. The summed E-state index contributed by atoms with van der Waals surface area (Å²) in [6.45, 7) is 9.48. The molecule has 0 saturated heterocycles. The number of nitrogens with zero attached hydrogens (tertiary/aromatic N) is 2. The van der Waals surface area contributed by atoms with Crippen molar-refractivity contribution in [2.45, 2.75) is 96.8 Å². The molecule has 1 saturated carbocycles. The maximum absolute atomic E-state index is 14.2. The third-order valence-corrected chi connectivity index (χ3v) is 6.67. The van der Waals surface area contributed by atoms with Crippen molar-refractivity contribution in [3.05, 3.63) is 71.3 Å². The van der Waals surface area contributed by atoms with Gasteiger partial charge in [0.2, 0.25) is 0 Å². The van der Waals surface area contributed by atoms with Crippen molar-refractivity contribution in [1.29, 1.82) is 5.26 Å². The van der Waals surface area contributed by atoms with Gasteiger partial charge in [-0.05, 0) is 69.6 Å². The Morgan fingerprint density at radius 2 is 1.53 bits per heavy atom. The maximum Gasteiger partial charge on any atom is 0.107 e. The van der Waals surface area contributed by atoms with Crippen LogP contribution in [0.2, 0.25) is 0 Å². The molecule has 0 spiro atoms. The van der Waals surface area contributed by atoms with Crippen molar-refractivity contribution in [2.75, 3.05) is 6.54 Å². The molecule has 0 aliphatic heterocycles. The van der Waals surface area contributed by atoms with Gasteiger partial charge in [0.1, 0.15) is 6.17 Å². The highest BCUT2D eigenvalue weighted by molar-refractivity contribution is 5.27. The van der Waals surface area contributed by atoms with E-state index in [0.29, 0.717) is 12.1 Å². The quantitative estimate of drug-likeness (QED) is 0.407. The van der Waals surface area contributed by atoms with Crippen molar-refractivity contribution < 1.29 is 4.39 Å². The van der Waals surface area contributed by atoms with E-state index in [2.05, 4.69) is 80.3 Å². The first-order valence-electron chi connectivity index (χ1n) is 12.3. The smallest absolute Gasteiger partial charge is 0.107 e. The molecule has 2 aromatic carbocycles. The Hall–Kier alpha value is -2.18. The molecule has 0 amide bonds. The van der Waals surface area contributed by atoms with E-state index in [-0.39, 0.29) is 5.92 Å². The molecule has 1 aliphatic carbocycles. The molecule has 0 N–H and O–H groups in total. The van der Waals surface area contributed by atoms with Crippen LogP contribution in [0.5, 0.6) is 0 Å². The average Bonchev–Trinajstić information content (AvgIpc) is 2.79. The molecule has 3 atom stereocenters. The average molecular weight is 437 g/mol. The largest absolute Gasteiger partial charge is 0.298 e. The molecule has 3 heteroatoms. The lowest BCUT2D eigenvalue weighted by Gasteiger charge is -2.33. The van der Waals surface area contributed by atoms with Crippen LogP contribution in [0.15, 0.2) is 54.6 Å². The first-order chi connectivity index (χ1) is 15.5. The summed E-state index contributed by atoms with van der Waals surface area (Å²) >= 11 is 0. The first kappa shape index (κ1) is 26.1. The van der Waals surface area contributed by atoms with E-state index < -0.39 is 6.17 Å². The van der Waals surface area contributed by atoms with E-state index in [1.807, 2.05) is 0 Å². The van der Waals surface area contributed by atoms with Crippen LogP contribution < -0.4 is 0 Å². The summed E-state index contributed by atoms with van der Waals surface area (Å²) in [5.41, 5.74) is 3.98. The zero-order valence-electron chi connectivity index (χ0n) is 20.4. The number of aryl methyl sites for hydroxylation is 1. The molecule has 1 fully saturated rings. The van der Waals surface area contributed by atoms with Gasteiger partial charge in [-0.15, -0.1) is 0 Å². The van der Waals surface area contributed by atoms with Crippen molar-refractivity contribution in [1.82, 2.24) is 4.90 Å². The zero-order valence-corrected chi connectivity index (χ0v) is 20.4. The van der Waals surface area contributed by atoms with Gasteiger partial charge in [0, 0.05) is 31.5 Å². The van der Waals surface area contributed by atoms with Gasteiger partial charge in [-0.3, -0.25) is 4.90 Å². The summed E-state index contributed by atoms with van der Waals surface area (Å²) in [5, 5.41) is 7.32. The molecule has 2 aromatic rings. The van der Waals surface area contributed by atoms with Crippen molar-refractivity contribution in [2.24, 2.45) is 0 Å². The summed E-state index contributed by atoms with van der Waals surface area (Å²) < 4.78 is 14.2. The maximum atomic E-state index is 14.2. The van der Waals surface area contributed by atoms with E-state index in [4.69, 9.17) is 5.26 Å². The fraction of sp³-hybridized carbons (Fsp3) is 0.552. The summed E-state index contributed by atoms with van der Waals surface area (Å²) in [7, 11) is 0. The van der Waals surface area contributed by atoms with Crippen LogP contribution in [-0.4, -0.2) is 29.7 Å². The molecule has 0 heterocycles. The van der Waals surface area contributed by atoms with Crippen LogP contribution in [0.3, 0.4) is 0 Å². The van der Waals surface area contributed by atoms with Crippen LogP contribution >= 0.6 is 0 Å². The Labute approximate surface area is 195 Å². The Bertz CT molecular complexity index is 794. The fourth-order valence-electron chi connectivity index (χ4n) is 4.82. The molecule has 3 unspecified atom stereocenters. The highest BCUT2D eigenvalue weighted by Crippen LogP contribution is 2.35. The van der Waals surface area contributed by atoms with Gasteiger partial charge in [0.05, 0.1) is 6.07 Å². The second-order valence-electron chi connectivity index (χ2n) is 9.33. The highest BCUT2D eigenvalue weighted by atomic mass is 19.1. The van der Waals surface area contributed by atoms with Crippen molar-refractivity contribution in [3.8, 4) is 6.07 Å². The first-order valence-corrected chi connectivity index (χ1v) is 12.3. The molecule has 3 rings (SSSR count). The van der Waals surface area contributed by atoms with E-state index in [0.717, 1.165) is 45.1 Å². The van der Waals surface area contributed by atoms with Gasteiger partial charge >= 0.3 is 0 Å². The van der Waals surface area contributed by atoms with E-state index in [1.165, 1.54) is 30.0 Å². The topological polar surface area (TPSA) is 27.0 Å². The Morgan fingerprint density at radius 1 is 0.938 bits per heavy atom. The van der Waals surface area contributed by atoms with Crippen LogP contribution in [0, 0.1) is 11.3 Å². The SMILES string of the molecule is CC#N.CC(C)N(CCc1ccccc1)C(C)CCc1ccc(C2CCCCC2F)cc1. The molecule has 0 bridgehead atoms. The van der Waals surface area contributed by atoms with Gasteiger partial charge < -0.3 is 0 Å². The zero-order chi connectivity index (χ0) is 23.3. The molecule has 2 nitrogen and oxygen atoms in total. The lowest BCUT2D eigenvalue weighted by atomic mass is 9.82. The summed E-state index contributed by atoms with van der Waals surface area (Å²) in [6.07, 6.45) is 6.63. The molecular weight excluding hydrogens is 395 g/mol. The second kappa shape index (κ2) is 14.1.